The van der Waals surface area contributed by atoms with Crippen molar-refractivity contribution >= 4 is 5.97 Å². The third-order valence-electron chi connectivity index (χ3n) is 2.11. The lowest BCUT2D eigenvalue weighted by molar-refractivity contribution is -0.142. The number of nitrogens with one attached hydrogen (secondary N) is 1. The predicted molar refractivity (Wildman–Crippen MR) is 57.1 cm³/mol. The van der Waals surface area contributed by atoms with Crippen LogP contribution in [-0.4, -0.2) is 17.6 Å². The van der Waals surface area contributed by atoms with E-state index in [2.05, 4.69) is 9.72 Å². The average Bonchev–Trinajstić information content (AvgIpc) is 2.27. The first-order valence-electron chi connectivity index (χ1n) is 5.09. The number of esters is 1. The highest BCUT2D eigenvalue weighted by atomic mass is 19.3. The number of nitrogens with zero attached hydrogens (tertiary/aromatic N) is 1. The van der Waals surface area contributed by atoms with E-state index < -0.39 is 29.1 Å². The SMILES string of the molecule is CCOC(=O)Cc1cc(C#N)c(C(F)F)c(=O)[nH]1. The van der Waals surface area contributed by atoms with Crippen LogP contribution in [0, 0.1) is 11.3 Å². The highest BCUT2D eigenvalue weighted by Crippen LogP contribution is 2.18. The minimum Gasteiger partial charge on any atom is -0.466 e. The van der Waals surface area contributed by atoms with Crippen molar-refractivity contribution in [2.45, 2.75) is 19.8 Å². The normalized spacial score (nSPS) is 10.2. The number of H-pyrrole nitrogens is 1. The van der Waals surface area contributed by atoms with Crippen molar-refractivity contribution in [1.29, 1.82) is 5.26 Å². The lowest BCUT2D eigenvalue weighted by Crippen LogP contribution is -2.19. The van der Waals surface area contributed by atoms with Gasteiger partial charge in [0.25, 0.3) is 12.0 Å². The second kappa shape index (κ2) is 5.91. The van der Waals surface area contributed by atoms with Gasteiger partial charge in [-0.05, 0) is 13.0 Å². The van der Waals surface area contributed by atoms with Crippen LogP contribution in [0.2, 0.25) is 0 Å². The number of pyridine rings is 1. The summed E-state index contributed by atoms with van der Waals surface area (Å²) in [6, 6.07) is 2.57. The van der Waals surface area contributed by atoms with E-state index in [1.807, 2.05) is 0 Å². The summed E-state index contributed by atoms with van der Waals surface area (Å²) in [7, 11) is 0. The van der Waals surface area contributed by atoms with Gasteiger partial charge in [0.05, 0.1) is 24.7 Å². The number of hydrogen-bond donors (Lipinski definition) is 1. The van der Waals surface area contributed by atoms with Gasteiger partial charge < -0.3 is 9.72 Å². The maximum Gasteiger partial charge on any atom is 0.311 e. The zero-order valence-electron chi connectivity index (χ0n) is 9.50. The molecule has 1 aromatic rings. The number of aromatic nitrogens is 1. The minimum atomic E-state index is -3.04. The van der Waals surface area contributed by atoms with Crippen molar-refractivity contribution in [2.24, 2.45) is 0 Å². The molecule has 0 atom stereocenters. The molecule has 0 amide bonds. The first-order chi connectivity index (χ1) is 8.49. The van der Waals surface area contributed by atoms with Gasteiger partial charge in [0.2, 0.25) is 0 Å². The Morgan fingerprint density at radius 2 is 2.28 bits per heavy atom. The van der Waals surface area contributed by atoms with E-state index in [0.717, 1.165) is 6.07 Å². The Hall–Kier alpha value is -2.23. The summed E-state index contributed by atoms with van der Waals surface area (Å²) in [5.41, 5.74) is -2.32. The summed E-state index contributed by atoms with van der Waals surface area (Å²) in [6.07, 6.45) is -3.32. The third-order valence-corrected chi connectivity index (χ3v) is 2.11. The maximum absolute atomic E-state index is 12.5. The zero-order chi connectivity index (χ0) is 13.7. The fraction of sp³-hybridized carbons (Fsp3) is 0.364. The molecule has 0 aliphatic heterocycles. The van der Waals surface area contributed by atoms with Crippen LogP contribution in [0.1, 0.15) is 30.2 Å². The summed E-state index contributed by atoms with van der Waals surface area (Å²) in [5, 5.41) is 8.70. The second-order valence-electron chi connectivity index (χ2n) is 3.35. The van der Waals surface area contributed by atoms with Crippen molar-refractivity contribution in [1.82, 2.24) is 4.98 Å². The van der Waals surface area contributed by atoms with Crippen LogP contribution >= 0.6 is 0 Å². The molecule has 96 valence electrons. The molecular weight excluding hydrogens is 246 g/mol. The monoisotopic (exact) mass is 256 g/mol. The first kappa shape index (κ1) is 13.8. The summed E-state index contributed by atoms with van der Waals surface area (Å²) in [4.78, 5) is 24.7. The molecular formula is C11H10F2N2O3. The number of nitriles is 1. The van der Waals surface area contributed by atoms with Gasteiger partial charge in [0.15, 0.2) is 0 Å². The molecule has 0 aromatic carbocycles. The van der Waals surface area contributed by atoms with E-state index >= 15 is 0 Å². The maximum atomic E-state index is 12.5. The van der Waals surface area contributed by atoms with E-state index in [9.17, 15) is 18.4 Å². The predicted octanol–water partition coefficient (Wildman–Crippen LogP) is 1.29. The Kier molecular flexibility index (Phi) is 4.54. The van der Waals surface area contributed by atoms with Crippen LogP contribution in [0.25, 0.3) is 0 Å². The van der Waals surface area contributed by atoms with Crippen LogP contribution in [0.3, 0.4) is 0 Å². The third kappa shape index (κ3) is 3.13. The zero-order valence-corrected chi connectivity index (χ0v) is 9.50. The Bertz CT molecular complexity index is 546. The van der Waals surface area contributed by atoms with Gasteiger partial charge in [-0.3, -0.25) is 9.59 Å². The van der Waals surface area contributed by atoms with Crippen molar-refractivity contribution in [2.75, 3.05) is 6.61 Å². The highest BCUT2D eigenvalue weighted by molar-refractivity contribution is 5.72. The fourth-order valence-corrected chi connectivity index (χ4v) is 1.40. The van der Waals surface area contributed by atoms with E-state index in [4.69, 9.17) is 5.26 Å². The summed E-state index contributed by atoms with van der Waals surface area (Å²) in [6.45, 7) is 1.78. The number of ether oxygens (including phenoxy) is 1. The Labute approximate surface area is 101 Å². The smallest absolute Gasteiger partial charge is 0.311 e. The lowest BCUT2D eigenvalue weighted by atomic mass is 10.1. The van der Waals surface area contributed by atoms with Gasteiger partial charge in [-0.2, -0.15) is 5.26 Å². The van der Waals surface area contributed by atoms with Crippen LogP contribution in [0.4, 0.5) is 8.78 Å². The van der Waals surface area contributed by atoms with Gasteiger partial charge in [-0.1, -0.05) is 0 Å². The number of alkyl halides is 2. The molecule has 1 N–H and O–H groups in total. The molecule has 0 saturated heterocycles. The number of carbonyl (C=O) groups excluding carboxylic acids is 1. The van der Waals surface area contributed by atoms with Crippen LogP contribution in [0.15, 0.2) is 10.9 Å². The molecule has 1 rings (SSSR count). The molecule has 0 spiro atoms. The summed E-state index contributed by atoms with van der Waals surface area (Å²) < 4.78 is 29.7. The molecule has 5 nitrogen and oxygen atoms in total. The quantitative estimate of drug-likeness (QED) is 0.823. The molecule has 0 aliphatic carbocycles. The van der Waals surface area contributed by atoms with Crippen LogP contribution in [0.5, 0.6) is 0 Å². The van der Waals surface area contributed by atoms with Crippen molar-refractivity contribution in [3.8, 4) is 6.07 Å². The fourth-order valence-electron chi connectivity index (χ4n) is 1.40. The van der Waals surface area contributed by atoms with Gasteiger partial charge >= 0.3 is 5.97 Å². The van der Waals surface area contributed by atoms with E-state index in [-0.39, 0.29) is 18.7 Å². The molecule has 0 unspecified atom stereocenters. The van der Waals surface area contributed by atoms with Crippen molar-refractivity contribution in [3.05, 3.63) is 33.2 Å². The molecule has 0 bridgehead atoms. The molecule has 0 fully saturated rings. The van der Waals surface area contributed by atoms with Gasteiger partial charge in [0.1, 0.15) is 5.56 Å². The van der Waals surface area contributed by atoms with E-state index in [1.165, 1.54) is 6.07 Å². The van der Waals surface area contributed by atoms with Crippen LogP contribution in [-0.2, 0) is 16.0 Å². The first-order valence-corrected chi connectivity index (χ1v) is 5.09. The molecule has 7 heteroatoms. The van der Waals surface area contributed by atoms with Crippen molar-refractivity contribution < 1.29 is 18.3 Å². The van der Waals surface area contributed by atoms with Gasteiger partial charge in [0, 0.05) is 5.69 Å². The van der Waals surface area contributed by atoms with E-state index in [1.54, 1.807) is 6.92 Å². The number of carbonyl (C=O) groups is 1. The largest absolute Gasteiger partial charge is 0.466 e. The number of hydrogen-bond acceptors (Lipinski definition) is 4. The van der Waals surface area contributed by atoms with Crippen LogP contribution < -0.4 is 5.56 Å². The van der Waals surface area contributed by atoms with E-state index in [0.29, 0.717) is 0 Å². The van der Waals surface area contributed by atoms with Crippen molar-refractivity contribution in [3.63, 3.8) is 0 Å². The number of rotatable bonds is 4. The Morgan fingerprint density at radius 1 is 1.61 bits per heavy atom. The highest BCUT2D eigenvalue weighted by Gasteiger charge is 2.19. The molecule has 0 saturated carbocycles. The number of aromatic amines is 1. The molecule has 1 aromatic heterocycles. The topological polar surface area (TPSA) is 82.9 Å². The standard InChI is InChI=1S/C11H10F2N2O3/c1-2-18-8(16)4-7-3-6(5-14)9(10(12)13)11(17)15-7/h3,10H,2,4H2,1H3,(H,15,17). The summed E-state index contributed by atoms with van der Waals surface area (Å²) >= 11 is 0. The minimum absolute atomic E-state index is 0.0689. The molecule has 0 aliphatic rings. The molecule has 1 heterocycles. The number of halogens is 2. The van der Waals surface area contributed by atoms with Gasteiger partial charge in [-0.15, -0.1) is 0 Å². The molecule has 18 heavy (non-hydrogen) atoms. The Balaban J connectivity index is 3.13. The van der Waals surface area contributed by atoms with Gasteiger partial charge in [-0.25, -0.2) is 8.78 Å². The Morgan fingerprint density at radius 3 is 2.78 bits per heavy atom. The average molecular weight is 256 g/mol. The molecule has 0 radical (unpaired) electrons. The summed E-state index contributed by atoms with van der Waals surface area (Å²) in [5.74, 6) is -0.609. The lowest BCUT2D eigenvalue weighted by Gasteiger charge is -2.05. The second-order valence-corrected chi connectivity index (χ2v) is 3.35.